The van der Waals surface area contributed by atoms with Crippen LogP contribution in [0.4, 0.5) is 0 Å². The molecule has 0 aliphatic heterocycles. The van der Waals surface area contributed by atoms with E-state index in [2.05, 4.69) is 93.7 Å². The van der Waals surface area contributed by atoms with Crippen molar-refractivity contribution < 1.29 is 28.6 Å². The first-order valence-electron chi connectivity index (χ1n) is 32.9. The van der Waals surface area contributed by atoms with Gasteiger partial charge < -0.3 is 14.2 Å². The molecule has 0 rings (SSSR count). The highest BCUT2D eigenvalue weighted by atomic mass is 16.6. The van der Waals surface area contributed by atoms with Crippen LogP contribution in [0, 0.1) is 0 Å². The molecular weight excluding hydrogens is 937 g/mol. The number of hydrogen-bond donors (Lipinski definition) is 0. The van der Waals surface area contributed by atoms with E-state index < -0.39 is 6.10 Å². The summed E-state index contributed by atoms with van der Waals surface area (Å²) < 4.78 is 16.9. The second-order valence-corrected chi connectivity index (χ2v) is 22.0. The van der Waals surface area contributed by atoms with E-state index in [1.807, 2.05) is 0 Å². The highest BCUT2D eigenvalue weighted by molar-refractivity contribution is 5.71. The Labute approximate surface area is 472 Å². The van der Waals surface area contributed by atoms with E-state index in [1.54, 1.807) is 0 Å². The number of hydrogen-bond acceptors (Lipinski definition) is 6. The minimum atomic E-state index is -0.773. The summed E-state index contributed by atoms with van der Waals surface area (Å²) in [6, 6.07) is 0. The molecule has 0 N–H and O–H groups in total. The van der Waals surface area contributed by atoms with Crippen LogP contribution in [-0.2, 0) is 28.6 Å². The van der Waals surface area contributed by atoms with Crippen LogP contribution in [-0.4, -0.2) is 37.2 Å². The predicted molar refractivity (Wildman–Crippen MR) is 330 cm³/mol. The molecule has 76 heavy (non-hydrogen) atoms. The molecule has 0 aromatic carbocycles. The van der Waals surface area contributed by atoms with Gasteiger partial charge in [-0.25, -0.2) is 0 Å². The Morgan fingerprint density at radius 3 is 0.803 bits per heavy atom. The van der Waals surface area contributed by atoms with E-state index >= 15 is 0 Å². The van der Waals surface area contributed by atoms with Crippen molar-refractivity contribution in [3.8, 4) is 0 Å². The molecule has 0 amide bonds. The summed E-state index contributed by atoms with van der Waals surface area (Å²) in [6.07, 6.45) is 83.5. The van der Waals surface area contributed by atoms with E-state index in [0.29, 0.717) is 19.3 Å². The van der Waals surface area contributed by atoms with E-state index in [-0.39, 0.29) is 31.1 Å². The molecule has 6 nitrogen and oxygen atoms in total. The van der Waals surface area contributed by atoms with Crippen LogP contribution in [0.15, 0.2) is 72.9 Å². The van der Waals surface area contributed by atoms with Gasteiger partial charge in [-0.15, -0.1) is 0 Å². The lowest BCUT2D eigenvalue weighted by Crippen LogP contribution is -2.30. The first kappa shape index (κ1) is 72.8. The lowest BCUT2D eigenvalue weighted by atomic mass is 10.0. The number of unbranched alkanes of at least 4 members (excludes halogenated alkanes) is 37. The smallest absolute Gasteiger partial charge is 0.306 e. The summed E-state index contributed by atoms with van der Waals surface area (Å²) in [5.74, 6) is -0.858. The van der Waals surface area contributed by atoms with Gasteiger partial charge in [0.2, 0.25) is 0 Å². The van der Waals surface area contributed by atoms with Crippen molar-refractivity contribution in [1.82, 2.24) is 0 Å². The molecule has 0 saturated carbocycles. The Balaban J connectivity index is 4.20. The summed E-state index contributed by atoms with van der Waals surface area (Å²) in [4.78, 5) is 38.2. The maximum Gasteiger partial charge on any atom is 0.306 e. The number of rotatable bonds is 60. The molecule has 0 radical (unpaired) electrons. The summed E-state index contributed by atoms with van der Waals surface area (Å²) in [5, 5.41) is 0. The molecule has 0 aromatic heterocycles. The summed E-state index contributed by atoms with van der Waals surface area (Å²) in [5.41, 5.74) is 0. The average Bonchev–Trinajstić information content (AvgIpc) is 3.42. The first-order chi connectivity index (χ1) is 37.5. The number of allylic oxidation sites excluding steroid dienone is 12. The number of carbonyl (C=O) groups excluding carboxylic acids is 3. The molecule has 0 aliphatic carbocycles. The molecule has 0 fully saturated rings. The minimum Gasteiger partial charge on any atom is -0.462 e. The summed E-state index contributed by atoms with van der Waals surface area (Å²) in [7, 11) is 0. The van der Waals surface area contributed by atoms with Crippen LogP contribution in [0.5, 0.6) is 0 Å². The highest BCUT2D eigenvalue weighted by Gasteiger charge is 2.19. The van der Waals surface area contributed by atoms with Gasteiger partial charge in [-0.05, 0) is 70.6 Å². The molecule has 0 aromatic rings. The monoisotopic (exact) mass is 1060 g/mol. The standard InChI is InChI=1S/C70H124O6/c1-4-7-10-13-16-19-22-24-26-28-30-31-32-33-34-35-36-37-38-39-41-42-44-46-48-51-54-57-60-63-69(72)75-66-67(65-74-68(71)62-59-56-53-50-21-18-15-12-9-6-3)76-70(73)64-61-58-55-52-49-47-45-43-40-29-27-25-23-20-17-14-11-8-5-2/h7,10,16,19,24,26,30-31,33-34,36-37,67H,4-6,8-9,11-15,17-18,20-23,25,27-29,32,35,38-66H2,1-3H3/b10-7-,19-16-,26-24-,31-30-,34-33-,37-36-. The van der Waals surface area contributed by atoms with Crippen molar-refractivity contribution in [3.05, 3.63) is 72.9 Å². The van der Waals surface area contributed by atoms with Crippen LogP contribution < -0.4 is 0 Å². The van der Waals surface area contributed by atoms with Gasteiger partial charge in [-0.1, -0.05) is 318 Å². The van der Waals surface area contributed by atoms with Crippen molar-refractivity contribution in [2.75, 3.05) is 13.2 Å². The molecule has 1 atom stereocenters. The minimum absolute atomic E-state index is 0.0711. The third-order valence-electron chi connectivity index (χ3n) is 14.5. The fraction of sp³-hybridized carbons (Fsp3) is 0.786. The fourth-order valence-corrected chi connectivity index (χ4v) is 9.57. The number of esters is 3. The average molecular weight is 1060 g/mol. The van der Waals surface area contributed by atoms with Gasteiger partial charge in [0.05, 0.1) is 0 Å². The third kappa shape index (κ3) is 61.7. The number of ether oxygens (including phenoxy) is 3. The van der Waals surface area contributed by atoms with Crippen LogP contribution in [0.2, 0.25) is 0 Å². The van der Waals surface area contributed by atoms with Crippen LogP contribution in [0.3, 0.4) is 0 Å². The maximum absolute atomic E-state index is 12.9. The SMILES string of the molecule is CC/C=C\C/C=C\C/C=C\C/C=C\C/C=C\C/C=C\CCCCCCCCCCCCC(=O)OCC(COC(=O)CCCCCCCCCCCC)OC(=O)CCCCCCCCCCCCCCCCCCCCC. The van der Waals surface area contributed by atoms with E-state index in [1.165, 1.54) is 199 Å². The summed E-state index contributed by atoms with van der Waals surface area (Å²) in [6.45, 7) is 6.56. The fourth-order valence-electron chi connectivity index (χ4n) is 9.57. The van der Waals surface area contributed by atoms with Crippen LogP contribution >= 0.6 is 0 Å². The number of carbonyl (C=O) groups is 3. The zero-order valence-electron chi connectivity index (χ0n) is 50.5. The molecule has 0 saturated heterocycles. The highest BCUT2D eigenvalue weighted by Crippen LogP contribution is 2.17. The lowest BCUT2D eigenvalue weighted by molar-refractivity contribution is -0.167. The van der Waals surface area contributed by atoms with Crippen molar-refractivity contribution in [3.63, 3.8) is 0 Å². The molecule has 0 heterocycles. The van der Waals surface area contributed by atoms with Crippen molar-refractivity contribution >= 4 is 17.9 Å². The van der Waals surface area contributed by atoms with Gasteiger partial charge in [-0.3, -0.25) is 14.4 Å². The van der Waals surface area contributed by atoms with Gasteiger partial charge in [0.25, 0.3) is 0 Å². The lowest BCUT2D eigenvalue weighted by Gasteiger charge is -2.18. The Morgan fingerprint density at radius 1 is 0.276 bits per heavy atom. The van der Waals surface area contributed by atoms with Crippen LogP contribution in [0.1, 0.15) is 335 Å². The Morgan fingerprint density at radius 2 is 0.513 bits per heavy atom. The molecule has 0 spiro atoms. The summed E-state index contributed by atoms with van der Waals surface area (Å²) >= 11 is 0. The van der Waals surface area contributed by atoms with Gasteiger partial charge in [0, 0.05) is 19.3 Å². The molecule has 1 unspecified atom stereocenters. The molecule has 0 bridgehead atoms. The molecular formula is C70H124O6. The van der Waals surface area contributed by atoms with Gasteiger partial charge in [-0.2, -0.15) is 0 Å². The predicted octanol–water partition coefficient (Wildman–Crippen LogP) is 22.5. The van der Waals surface area contributed by atoms with Gasteiger partial charge in [0.1, 0.15) is 13.2 Å². The molecule has 440 valence electrons. The zero-order chi connectivity index (χ0) is 55.0. The second-order valence-electron chi connectivity index (χ2n) is 22.0. The van der Waals surface area contributed by atoms with Crippen molar-refractivity contribution in [2.45, 2.75) is 341 Å². The second kappa shape index (κ2) is 64.4. The third-order valence-corrected chi connectivity index (χ3v) is 14.5. The molecule has 6 heteroatoms. The van der Waals surface area contributed by atoms with Crippen molar-refractivity contribution in [1.29, 1.82) is 0 Å². The van der Waals surface area contributed by atoms with Gasteiger partial charge >= 0.3 is 17.9 Å². The van der Waals surface area contributed by atoms with Gasteiger partial charge in [0.15, 0.2) is 6.10 Å². The first-order valence-corrected chi connectivity index (χ1v) is 32.9. The maximum atomic E-state index is 12.9. The van der Waals surface area contributed by atoms with Crippen LogP contribution in [0.25, 0.3) is 0 Å². The van der Waals surface area contributed by atoms with E-state index in [0.717, 1.165) is 96.3 Å². The van der Waals surface area contributed by atoms with Crippen molar-refractivity contribution in [2.24, 2.45) is 0 Å². The Bertz CT molecular complexity index is 1400. The normalized spacial score (nSPS) is 12.5. The Hall–Kier alpha value is -3.15. The largest absolute Gasteiger partial charge is 0.462 e. The Kier molecular flexibility index (Phi) is 61.7. The quantitative estimate of drug-likeness (QED) is 0.0261. The zero-order valence-corrected chi connectivity index (χ0v) is 50.5. The molecule has 0 aliphatic rings. The topological polar surface area (TPSA) is 78.9 Å². The van der Waals surface area contributed by atoms with E-state index in [4.69, 9.17) is 14.2 Å². The van der Waals surface area contributed by atoms with E-state index in [9.17, 15) is 14.4 Å².